The van der Waals surface area contributed by atoms with E-state index in [1.165, 1.54) is 19.3 Å². The monoisotopic (exact) mass is 683 g/mol. The molecule has 3 unspecified atom stereocenters. The Morgan fingerprint density at radius 1 is 1.02 bits per heavy atom. The Kier molecular flexibility index (Phi) is 14.7. The molecule has 1 aromatic heterocycles. The zero-order chi connectivity index (χ0) is 34.5. The summed E-state index contributed by atoms with van der Waals surface area (Å²) >= 11 is 1.62. The summed E-state index contributed by atoms with van der Waals surface area (Å²) in [4.78, 5) is 35.4. The van der Waals surface area contributed by atoms with Crippen molar-refractivity contribution in [3.63, 3.8) is 0 Å². The lowest BCUT2D eigenvalue weighted by atomic mass is 9.85. The van der Waals surface area contributed by atoms with E-state index in [0.717, 1.165) is 46.7 Å². The summed E-state index contributed by atoms with van der Waals surface area (Å²) in [6.07, 6.45) is 9.67. The number of carbonyl (C=O) groups excluding carboxylic acids is 2. The van der Waals surface area contributed by atoms with Crippen LogP contribution in [0.3, 0.4) is 0 Å². The van der Waals surface area contributed by atoms with Crippen molar-refractivity contribution in [2.45, 2.75) is 97.2 Å². The first-order valence-electron chi connectivity index (χ1n) is 17.6. The van der Waals surface area contributed by atoms with Gasteiger partial charge in [0.2, 0.25) is 11.8 Å². The van der Waals surface area contributed by atoms with E-state index in [0.29, 0.717) is 58.3 Å². The number of nitrogens with two attached hydrogens (primary N) is 1. The third-order valence-electron chi connectivity index (χ3n) is 9.44. The second kappa shape index (κ2) is 18.7. The van der Waals surface area contributed by atoms with E-state index in [9.17, 15) is 9.59 Å². The number of nitrogens with zero attached hydrogens (tertiary/aromatic N) is 2. The number of methoxy groups -OCH3 is 1. The van der Waals surface area contributed by atoms with E-state index >= 15 is 0 Å². The molecule has 2 amide bonds. The molecule has 1 aliphatic heterocycles. The van der Waals surface area contributed by atoms with Gasteiger partial charge in [-0.05, 0) is 61.5 Å². The van der Waals surface area contributed by atoms with Crippen molar-refractivity contribution in [3.8, 4) is 10.4 Å². The second-order valence-corrected chi connectivity index (χ2v) is 14.9. The number of aryl methyl sites for hydroxylation is 1. The molecule has 2 heterocycles. The number of thiazole rings is 1. The highest BCUT2D eigenvalue weighted by atomic mass is 32.1. The molecular formula is C37H57N5O5S. The number of amides is 2. The van der Waals surface area contributed by atoms with Crippen molar-refractivity contribution >= 4 is 23.2 Å². The number of hydrogen-bond acceptors (Lipinski definition) is 9. The summed E-state index contributed by atoms with van der Waals surface area (Å²) in [6, 6.07) is 6.96. The molecule has 0 bridgehead atoms. The van der Waals surface area contributed by atoms with Gasteiger partial charge < -0.3 is 35.5 Å². The molecule has 266 valence electrons. The molecule has 0 spiro atoms. The predicted molar refractivity (Wildman–Crippen MR) is 191 cm³/mol. The quantitative estimate of drug-likeness (QED) is 0.181. The van der Waals surface area contributed by atoms with Gasteiger partial charge in [-0.3, -0.25) is 9.59 Å². The maximum Gasteiger partial charge on any atom is 0.246 e. The summed E-state index contributed by atoms with van der Waals surface area (Å²) in [7, 11) is 1.65. The van der Waals surface area contributed by atoms with Crippen LogP contribution in [0.25, 0.3) is 10.4 Å². The Balaban J connectivity index is 1.44. The largest absolute Gasteiger partial charge is 0.401 e. The first-order valence-corrected chi connectivity index (χ1v) is 18.5. The zero-order valence-electron chi connectivity index (χ0n) is 29.6. The number of carbonyl (C=O) groups is 2. The van der Waals surface area contributed by atoms with Crippen molar-refractivity contribution in [1.82, 2.24) is 20.5 Å². The van der Waals surface area contributed by atoms with Gasteiger partial charge in [0.1, 0.15) is 12.1 Å². The fraction of sp³-hybridized carbons (Fsp3) is 0.649. The molecule has 11 heteroatoms. The molecule has 2 aromatic rings. The summed E-state index contributed by atoms with van der Waals surface area (Å²) in [6.45, 7) is 11.2. The van der Waals surface area contributed by atoms with Crippen LogP contribution in [0.15, 0.2) is 41.7 Å². The van der Waals surface area contributed by atoms with Gasteiger partial charge in [0.05, 0.1) is 48.6 Å². The van der Waals surface area contributed by atoms with E-state index < -0.39 is 12.1 Å². The molecule has 2 fully saturated rings. The SMILES string of the molecule is COCCOCCOCCC(NC(=O)C1CCCN1C(=O)C(N/C=C(\N)C1CCCCC1)C(C)(C)C)c1ccc(-c2scnc2C)cc1. The molecule has 1 aliphatic carbocycles. The highest BCUT2D eigenvalue weighted by Crippen LogP contribution is 2.31. The van der Waals surface area contributed by atoms with Crippen molar-refractivity contribution in [1.29, 1.82) is 0 Å². The van der Waals surface area contributed by atoms with Gasteiger partial charge in [-0.25, -0.2) is 4.98 Å². The van der Waals surface area contributed by atoms with E-state index in [2.05, 4.69) is 60.7 Å². The maximum atomic E-state index is 14.1. The van der Waals surface area contributed by atoms with Crippen LogP contribution in [0.1, 0.15) is 89.4 Å². The van der Waals surface area contributed by atoms with Gasteiger partial charge in [0, 0.05) is 32.2 Å². The number of nitrogens with one attached hydrogen (secondary N) is 2. The third-order valence-corrected chi connectivity index (χ3v) is 10.4. The van der Waals surface area contributed by atoms with Gasteiger partial charge in [0.15, 0.2) is 0 Å². The van der Waals surface area contributed by atoms with Gasteiger partial charge in [-0.1, -0.05) is 64.3 Å². The minimum atomic E-state index is -0.541. The minimum absolute atomic E-state index is 0.0644. The first-order chi connectivity index (χ1) is 23.1. The summed E-state index contributed by atoms with van der Waals surface area (Å²) in [5.41, 5.74) is 11.9. The minimum Gasteiger partial charge on any atom is -0.401 e. The fourth-order valence-corrected chi connectivity index (χ4v) is 7.41. The second-order valence-electron chi connectivity index (χ2n) is 14.1. The zero-order valence-corrected chi connectivity index (χ0v) is 30.4. The van der Waals surface area contributed by atoms with Crippen molar-refractivity contribution < 1.29 is 23.8 Å². The van der Waals surface area contributed by atoms with Crippen LogP contribution < -0.4 is 16.4 Å². The van der Waals surface area contributed by atoms with E-state index in [4.69, 9.17) is 19.9 Å². The Bertz CT molecular complexity index is 1320. The average Bonchev–Trinajstić information content (AvgIpc) is 3.75. The summed E-state index contributed by atoms with van der Waals surface area (Å²) < 4.78 is 16.4. The summed E-state index contributed by atoms with van der Waals surface area (Å²) in [5.74, 6) is 0.156. The van der Waals surface area contributed by atoms with Crippen LogP contribution in [0, 0.1) is 18.3 Å². The summed E-state index contributed by atoms with van der Waals surface area (Å²) in [5, 5.41) is 6.68. The number of likely N-dealkylation sites (tertiary alicyclic amines) is 1. The number of ether oxygens (including phenoxy) is 3. The molecule has 48 heavy (non-hydrogen) atoms. The van der Waals surface area contributed by atoms with Gasteiger partial charge in [-0.2, -0.15) is 0 Å². The first kappa shape index (κ1) is 37.8. The number of rotatable bonds is 17. The van der Waals surface area contributed by atoms with E-state index in [-0.39, 0.29) is 23.3 Å². The number of aromatic nitrogens is 1. The lowest BCUT2D eigenvalue weighted by Crippen LogP contribution is -2.56. The predicted octanol–water partition coefficient (Wildman–Crippen LogP) is 5.72. The van der Waals surface area contributed by atoms with Crippen LogP contribution in [0.2, 0.25) is 0 Å². The molecule has 1 saturated carbocycles. The molecule has 3 atom stereocenters. The van der Waals surface area contributed by atoms with Crippen molar-refractivity contribution in [3.05, 3.63) is 52.9 Å². The molecule has 1 aromatic carbocycles. The Labute approximate surface area is 291 Å². The normalized spacial score (nSPS) is 18.9. The molecular weight excluding hydrogens is 627 g/mol. The van der Waals surface area contributed by atoms with Gasteiger partial charge >= 0.3 is 0 Å². The van der Waals surface area contributed by atoms with E-state index in [1.54, 1.807) is 23.3 Å². The highest BCUT2D eigenvalue weighted by molar-refractivity contribution is 7.13. The molecule has 10 nitrogen and oxygen atoms in total. The molecule has 4 rings (SSSR count). The molecule has 1 saturated heterocycles. The Morgan fingerprint density at radius 3 is 2.35 bits per heavy atom. The number of benzene rings is 1. The third kappa shape index (κ3) is 10.8. The standard InChI is InChI=1S/C37H57N5O5S/c1-26-33(48-25-40-26)29-15-13-28(14-16-29)31(17-19-46-22-23-47-21-20-45-5)41-35(43)32-12-9-18-42(32)36(44)34(37(2,3)4)39-24-30(38)27-10-7-6-8-11-27/h13-16,24-25,27,31-32,34,39H,6-12,17-23,38H2,1-5H3,(H,41,43)/b30-24-. The Morgan fingerprint density at radius 2 is 1.71 bits per heavy atom. The number of allylic oxidation sites excluding steroid dienone is 1. The van der Waals surface area contributed by atoms with Crippen molar-refractivity contribution in [2.75, 3.05) is 46.7 Å². The van der Waals surface area contributed by atoms with Gasteiger partial charge in [-0.15, -0.1) is 11.3 Å². The average molecular weight is 684 g/mol. The smallest absolute Gasteiger partial charge is 0.246 e. The Hall–Kier alpha value is -2.99. The number of hydrogen-bond donors (Lipinski definition) is 3. The van der Waals surface area contributed by atoms with Crippen LogP contribution >= 0.6 is 11.3 Å². The maximum absolute atomic E-state index is 14.1. The fourth-order valence-electron chi connectivity index (χ4n) is 6.60. The molecule has 4 N–H and O–H groups in total. The van der Waals surface area contributed by atoms with Crippen LogP contribution in [0.4, 0.5) is 0 Å². The molecule has 2 aliphatic rings. The lowest BCUT2D eigenvalue weighted by molar-refractivity contribution is -0.142. The lowest BCUT2D eigenvalue weighted by Gasteiger charge is -2.36. The van der Waals surface area contributed by atoms with Crippen LogP contribution in [-0.4, -0.2) is 80.5 Å². The van der Waals surface area contributed by atoms with Crippen molar-refractivity contribution in [2.24, 2.45) is 17.1 Å². The van der Waals surface area contributed by atoms with Crippen LogP contribution in [0.5, 0.6) is 0 Å². The van der Waals surface area contributed by atoms with Crippen LogP contribution in [-0.2, 0) is 23.8 Å². The molecule has 0 radical (unpaired) electrons. The highest BCUT2D eigenvalue weighted by Gasteiger charge is 2.41. The van der Waals surface area contributed by atoms with E-state index in [1.807, 2.05) is 18.6 Å². The van der Waals surface area contributed by atoms with Gasteiger partial charge in [0.25, 0.3) is 0 Å². The topological polar surface area (TPSA) is 128 Å².